The predicted octanol–water partition coefficient (Wildman–Crippen LogP) is 16.9. The maximum absolute atomic E-state index is 12.7. The lowest BCUT2D eigenvalue weighted by atomic mass is 10.0. The van der Waals surface area contributed by atoms with E-state index in [0.29, 0.717) is 19.3 Å². The zero-order valence-electron chi connectivity index (χ0n) is 40.4. The van der Waals surface area contributed by atoms with E-state index in [0.717, 1.165) is 69.6 Å². The van der Waals surface area contributed by atoms with Crippen molar-refractivity contribution >= 4 is 17.9 Å². The van der Waals surface area contributed by atoms with Gasteiger partial charge in [0, 0.05) is 19.3 Å². The fourth-order valence-electron chi connectivity index (χ4n) is 7.99. The molecule has 0 N–H and O–H groups in total. The monoisotopic (exact) mass is 835 g/mol. The fraction of sp³-hybridized carbons (Fsp3) is 0.943. The number of carbonyl (C=O) groups is 3. The summed E-state index contributed by atoms with van der Waals surface area (Å²) in [5.74, 6) is 0.824. The van der Waals surface area contributed by atoms with E-state index >= 15 is 0 Å². The van der Waals surface area contributed by atoms with Gasteiger partial charge < -0.3 is 14.2 Å². The van der Waals surface area contributed by atoms with E-state index in [1.165, 1.54) is 180 Å². The zero-order valence-corrected chi connectivity index (χ0v) is 40.4. The minimum Gasteiger partial charge on any atom is -0.462 e. The largest absolute Gasteiger partial charge is 0.462 e. The Bertz CT molecular complexity index is 900. The molecule has 59 heavy (non-hydrogen) atoms. The average Bonchev–Trinajstić information content (AvgIpc) is 3.20. The van der Waals surface area contributed by atoms with Crippen LogP contribution in [0.15, 0.2) is 0 Å². The molecule has 0 aliphatic rings. The molecular formula is C53H102O6. The van der Waals surface area contributed by atoms with Crippen molar-refractivity contribution in [3.05, 3.63) is 0 Å². The summed E-state index contributed by atoms with van der Waals surface area (Å²) in [7, 11) is 0. The summed E-state index contributed by atoms with van der Waals surface area (Å²) in [5, 5.41) is 0. The van der Waals surface area contributed by atoms with Crippen LogP contribution >= 0.6 is 0 Å². The van der Waals surface area contributed by atoms with Crippen LogP contribution in [0.2, 0.25) is 0 Å². The highest BCUT2D eigenvalue weighted by molar-refractivity contribution is 5.71. The lowest BCUT2D eigenvalue weighted by Gasteiger charge is -2.18. The molecule has 0 aromatic carbocycles. The Morgan fingerprint density at radius 1 is 0.322 bits per heavy atom. The van der Waals surface area contributed by atoms with Crippen molar-refractivity contribution in [3.63, 3.8) is 0 Å². The molecule has 0 fully saturated rings. The van der Waals surface area contributed by atoms with Gasteiger partial charge in [0.05, 0.1) is 0 Å². The molecule has 0 aromatic rings. The highest BCUT2D eigenvalue weighted by Crippen LogP contribution is 2.17. The molecule has 0 saturated heterocycles. The second-order valence-electron chi connectivity index (χ2n) is 19.1. The van der Waals surface area contributed by atoms with Gasteiger partial charge in [-0.1, -0.05) is 253 Å². The molecule has 350 valence electrons. The van der Waals surface area contributed by atoms with Gasteiger partial charge >= 0.3 is 17.9 Å². The Kier molecular flexibility index (Phi) is 44.7. The first-order chi connectivity index (χ1) is 28.7. The van der Waals surface area contributed by atoms with Gasteiger partial charge in [0.1, 0.15) is 13.2 Å². The Balaban J connectivity index is 4.25. The number of hydrogen-bond acceptors (Lipinski definition) is 6. The average molecular weight is 835 g/mol. The van der Waals surface area contributed by atoms with Crippen molar-refractivity contribution in [3.8, 4) is 0 Å². The lowest BCUT2D eigenvalue weighted by Crippen LogP contribution is -2.30. The van der Waals surface area contributed by atoms with Crippen LogP contribution in [0.5, 0.6) is 0 Å². The Labute approximate surface area is 368 Å². The fourth-order valence-corrected chi connectivity index (χ4v) is 7.99. The number of carbonyl (C=O) groups excluding carboxylic acids is 3. The first-order valence-electron chi connectivity index (χ1n) is 26.2. The van der Waals surface area contributed by atoms with E-state index in [9.17, 15) is 14.4 Å². The standard InChI is InChI=1S/C53H102O6/c1-6-7-8-9-10-11-23-30-35-40-45-53(56)59-50(47-58-52(55)44-39-34-29-25-20-16-18-22-27-32-37-42-49(4)5)46-57-51(54)43-38-33-28-24-19-15-13-12-14-17-21-26-31-36-41-48(2)3/h48-50H,6-47H2,1-5H3/t50-/m0/s1. The van der Waals surface area contributed by atoms with E-state index in [1.54, 1.807) is 0 Å². The molecule has 0 radical (unpaired) electrons. The topological polar surface area (TPSA) is 78.9 Å². The van der Waals surface area contributed by atoms with Gasteiger partial charge in [-0.15, -0.1) is 0 Å². The molecule has 0 aromatic heterocycles. The smallest absolute Gasteiger partial charge is 0.306 e. The van der Waals surface area contributed by atoms with Crippen molar-refractivity contribution < 1.29 is 28.6 Å². The van der Waals surface area contributed by atoms with Gasteiger partial charge in [0.25, 0.3) is 0 Å². The second kappa shape index (κ2) is 45.9. The normalized spacial score (nSPS) is 12.1. The second-order valence-corrected chi connectivity index (χ2v) is 19.1. The van der Waals surface area contributed by atoms with E-state index in [1.807, 2.05) is 0 Å². The minimum atomic E-state index is -0.761. The Morgan fingerprint density at radius 2 is 0.559 bits per heavy atom. The molecule has 0 spiro atoms. The Morgan fingerprint density at radius 3 is 0.831 bits per heavy atom. The number of unbranched alkanes of at least 4 members (excludes halogenated alkanes) is 32. The molecule has 0 aliphatic heterocycles. The molecule has 0 unspecified atom stereocenters. The van der Waals surface area contributed by atoms with Crippen molar-refractivity contribution in [2.75, 3.05) is 13.2 Å². The number of hydrogen-bond donors (Lipinski definition) is 0. The molecule has 0 heterocycles. The molecule has 6 heteroatoms. The number of ether oxygens (including phenoxy) is 3. The third-order valence-electron chi connectivity index (χ3n) is 12.0. The molecule has 0 saturated carbocycles. The summed E-state index contributed by atoms with van der Waals surface area (Å²) in [6, 6.07) is 0. The van der Waals surface area contributed by atoms with E-state index in [-0.39, 0.29) is 31.1 Å². The molecule has 1 atom stereocenters. The molecule has 6 nitrogen and oxygen atoms in total. The van der Waals surface area contributed by atoms with Gasteiger partial charge in [-0.05, 0) is 31.1 Å². The SMILES string of the molecule is CCCCCCCCCCCCC(=O)O[C@@H](COC(=O)CCCCCCCCCCCCCCCCC(C)C)COC(=O)CCCCCCCCCCCCCC(C)C. The highest BCUT2D eigenvalue weighted by Gasteiger charge is 2.19. The van der Waals surface area contributed by atoms with Crippen molar-refractivity contribution in [1.82, 2.24) is 0 Å². The van der Waals surface area contributed by atoms with Gasteiger partial charge in [-0.2, -0.15) is 0 Å². The van der Waals surface area contributed by atoms with E-state index in [2.05, 4.69) is 34.6 Å². The maximum Gasteiger partial charge on any atom is 0.306 e. The summed E-state index contributed by atoms with van der Waals surface area (Å²) in [6.07, 6.45) is 46.6. The molecule has 0 bridgehead atoms. The predicted molar refractivity (Wildman–Crippen MR) is 252 cm³/mol. The summed E-state index contributed by atoms with van der Waals surface area (Å²) in [4.78, 5) is 37.9. The van der Waals surface area contributed by atoms with Gasteiger partial charge in [0.2, 0.25) is 0 Å². The zero-order chi connectivity index (χ0) is 43.3. The van der Waals surface area contributed by atoms with Crippen LogP contribution in [-0.2, 0) is 28.6 Å². The van der Waals surface area contributed by atoms with Crippen molar-refractivity contribution in [2.24, 2.45) is 11.8 Å². The van der Waals surface area contributed by atoms with Crippen LogP contribution in [0.1, 0.15) is 291 Å². The van der Waals surface area contributed by atoms with Crippen molar-refractivity contribution in [2.45, 2.75) is 298 Å². The van der Waals surface area contributed by atoms with Crippen LogP contribution in [-0.4, -0.2) is 37.2 Å². The number of esters is 3. The summed E-state index contributed by atoms with van der Waals surface area (Å²) in [5.41, 5.74) is 0. The highest BCUT2D eigenvalue weighted by atomic mass is 16.6. The van der Waals surface area contributed by atoms with Crippen LogP contribution < -0.4 is 0 Å². The van der Waals surface area contributed by atoms with Crippen LogP contribution in [0.3, 0.4) is 0 Å². The number of rotatable bonds is 47. The van der Waals surface area contributed by atoms with E-state index in [4.69, 9.17) is 14.2 Å². The van der Waals surface area contributed by atoms with Gasteiger partial charge in [-0.25, -0.2) is 0 Å². The van der Waals surface area contributed by atoms with E-state index < -0.39 is 6.10 Å². The molecule has 0 amide bonds. The van der Waals surface area contributed by atoms with Crippen LogP contribution in [0.4, 0.5) is 0 Å². The van der Waals surface area contributed by atoms with Gasteiger partial charge in [0.15, 0.2) is 6.10 Å². The summed E-state index contributed by atoms with van der Waals surface area (Å²) >= 11 is 0. The molecular weight excluding hydrogens is 733 g/mol. The van der Waals surface area contributed by atoms with Gasteiger partial charge in [-0.3, -0.25) is 14.4 Å². The quantitative estimate of drug-likeness (QED) is 0.0345. The third-order valence-corrected chi connectivity index (χ3v) is 12.0. The molecule has 0 rings (SSSR count). The lowest BCUT2D eigenvalue weighted by molar-refractivity contribution is -0.167. The third kappa shape index (κ3) is 47.3. The summed E-state index contributed by atoms with van der Waals surface area (Å²) in [6.45, 7) is 11.4. The van der Waals surface area contributed by atoms with Crippen LogP contribution in [0, 0.1) is 11.8 Å². The summed E-state index contributed by atoms with van der Waals surface area (Å²) < 4.78 is 16.8. The maximum atomic E-state index is 12.7. The Hall–Kier alpha value is -1.59. The first-order valence-corrected chi connectivity index (χ1v) is 26.2. The van der Waals surface area contributed by atoms with Crippen molar-refractivity contribution in [1.29, 1.82) is 0 Å². The molecule has 0 aliphatic carbocycles. The first kappa shape index (κ1) is 57.4. The van der Waals surface area contributed by atoms with Crippen LogP contribution in [0.25, 0.3) is 0 Å². The minimum absolute atomic E-state index is 0.0635.